The van der Waals surface area contributed by atoms with Crippen LogP contribution in [0.15, 0.2) is 0 Å². The fraction of sp³-hybridized carbons (Fsp3) is 0.750. The quantitative estimate of drug-likeness (QED) is 0.503. The van der Waals surface area contributed by atoms with Crippen molar-refractivity contribution in [3.05, 3.63) is 0 Å². The molecule has 0 aromatic heterocycles. The van der Waals surface area contributed by atoms with Gasteiger partial charge in [-0.2, -0.15) is 16.8 Å². The first kappa shape index (κ1) is 18.8. The first-order valence-corrected chi connectivity index (χ1v) is 7.84. The lowest BCUT2D eigenvalue weighted by molar-refractivity contribution is -0.136. The van der Waals surface area contributed by atoms with E-state index in [1.54, 1.807) is 0 Å². The Morgan fingerprint density at radius 2 is 1.05 bits per heavy atom. The van der Waals surface area contributed by atoms with Crippen LogP contribution in [0.1, 0.15) is 25.7 Å². The number of hydrogen-bond donors (Lipinski definition) is 0. The molecule has 0 unspecified atom stereocenters. The molecule has 118 valence electrons. The Morgan fingerprint density at radius 3 is 1.30 bits per heavy atom. The smallest absolute Gasteiger partial charge is 0.325 e. The molecule has 0 aliphatic carbocycles. The van der Waals surface area contributed by atoms with E-state index < -0.39 is 32.7 Å². The van der Waals surface area contributed by atoms with E-state index in [2.05, 4.69) is 16.7 Å². The second-order valence-electron chi connectivity index (χ2n) is 3.27. The summed E-state index contributed by atoms with van der Waals surface area (Å²) in [4.78, 5) is 22.0. The Balaban J connectivity index is 3.93. The predicted molar refractivity (Wildman–Crippen MR) is 62.5 cm³/mol. The van der Waals surface area contributed by atoms with Crippen molar-refractivity contribution in [2.45, 2.75) is 25.7 Å². The van der Waals surface area contributed by atoms with Gasteiger partial charge in [0.25, 0.3) is 0 Å². The van der Waals surface area contributed by atoms with Crippen LogP contribution < -0.4 is 0 Å². The number of carbonyl (C=O) groups excluding carboxylic acids is 2. The lowest BCUT2D eigenvalue weighted by Gasteiger charge is -2.03. The van der Waals surface area contributed by atoms with E-state index in [0.29, 0.717) is 0 Å². The third-order valence-corrected chi connectivity index (χ3v) is 3.41. The number of carbonyl (C=O) groups is 2. The molecule has 0 radical (unpaired) electrons. The topological polar surface area (TPSA) is 139 Å². The van der Waals surface area contributed by atoms with Crippen molar-refractivity contribution in [3.63, 3.8) is 0 Å². The van der Waals surface area contributed by atoms with Gasteiger partial charge in [0.15, 0.2) is 0 Å². The molecule has 0 N–H and O–H groups in total. The van der Waals surface area contributed by atoms with E-state index in [9.17, 15) is 26.4 Å². The molecule has 0 bridgehead atoms. The molecule has 0 saturated carbocycles. The second-order valence-corrected chi connectivity index (χ2v) is 5.90. The van der Waals surface area contributed by atoms with Crippen LogP contribution in [-0.2, 0) is 47.1 Å². The van der Waals surface area contributed by atoms with E-state index in [-0.39, 0.29) is 25.7 Å². The van der Waals surface area contributed by atoms with Gasteiger partial charge in [-0.15, -0.1) is 0 Å². The molecule has 12 heteroatoms. The minimum Gasteiger partial charge on any atom is -0.325 e. The molecule has 0 amide bonds. The Bertz CT molecular complexity index is 482. The van der Waals surface area contributed by atoms with Crippen LogP contribution in [0.4, 0.5) is 0 Å². The Labute approximate surface area is 116 Å². The van der Waals surface area contributed by atoms with E-state index in [1.807, 2.05) is 0 Å². The average molecular weight is 334 g/mol. The highest BCUT2D eigenvalue weighted by molar-refractivity contribution is 7.82. The number of unbranched alkanes of at least 4 members (excludes halogenated alkanes) is 1. The second kappa shape index (κ2) is 8.14. The van der Waals surface area contributed by atoms with Crippen molar-refractivity contribution in [2.24, 2.45) is 0 Å². The van der Waals surface area contributed by atoms with Gasteiger partial charge in [-0.25, -0.2) is 8.37 Å². The van der Waals surface area contributed by atoms with Gasteiger partial charge < -0.3 is 8.37 Å². The molecule has 0 heterocycles. The van der Waals surface area contributed by atoms with Gasteiger partial charge in [0, 0.05) is 12.8 Å². The highest BCUT2D eigenvalue weighted by Gasteiger charge is 2.18. The summed E-state index contributed by atoms with van der Waals surface area (Å²) < 4.78 is 58.6. The Kier molecular flexibility index (Phi) is 7.63. The summed E-state index contributed by atoms with van der Waals surface area (Å²) in [7, 11) is -7.02. The molecular formula is C8H14O10S2. The fourth-order valence-electron chi connectivity index (χ4n) is 0.918. The van der Waals surface area contributed by atoms with E-state index in [1.165, 1.54) is 0 Å². The van der Waals surface area contributed by atoms with Gasteiger partial charge in [0.2, 0.25) is 0 Å². The summed E-state index contributed by atoms with van der Waals surface area (Å²) >= 11 is 0. The largest absolute Gasteiger partial charge is 0.451 e. The van der Waals surface area contributed by atoms with Crippen molar-refractivity contribution in [3.8, 4) is 0 Å². The van der Waals surface area contributed by atoms with Crippen molar-refractivity contribution in [1.29, 1.82) is 0 Å². The van der Waals surface area contributed by atoms with Crippen molar-refractivity contribution >= 4 is 32.7 Å². The average Bonchev–Trinajstić information content (AvgIpc) is 2.33. The standard InChI is InChI=1S/C8H14O10S2/c1-15-19(11,12)17-7(9)5-3-4-6-8(10)18-20(13,14)16-2/h3-6H2,1-2H3. The van der Waals surface area contributed by atoms with Crippen molar-refractivity contribution in [2.75, 3.05) is 14.2 Å². The van der Waals surface area contributed by atoms with Crippen LogP contribution in [0, 0.1) is 0 Å². The highest BCUT2D eigenvalue weighted by Crippen LogP contribution is 2.06. The molecule has 0 spiro atoms. The third kappa shape index (κ3) is 8.79. The van der Waals surface area contributed by atoms with Crippen LogP contribution in [0.25, 0.3) is 0 Å². The van der Waals surface area contributed by atoms with Crippen LogP contribution >= 0.6 is 0 Å². The summed E-state index contributed by atoms with van der Waals surface area (Å²) in [6, 6.07) is 0. The van der Waals surface area contributed by atoms with Crippen LogP contribution in [-0.4, -0.2) is 43.0 Å². The van der Waals surface area contributed by atoms with E-state index >= 15 is 0 Å². The molecule has 0 rings (SSSR count). The zero-order chi connectivity index (χ0) is 15.8. The summed E-state index contributed by atoms with van der Waals surface area (Å²) in [6.45, 7) is 0. The third-order valence-electron chi connectivity index (χ3n) is 1.81. The lowest BCUT2D eigenvalue weighted by atomic mass is 10.2. The minimum absolute atomic E-state index is 0.0974. The maximum Gasteiger partial charge on any atom is 0.451 e. The van der Waals surface area contributed by atoms with Crippen LogP contribution in [0.5, 0.6) is 0 Å². The van der Waals surface area contributed by atoms with Crippen LogP contribution in [0.2, 0.25) is 0 Å². The van der Waals surface area contributed by atoms with Crippen molar-refractivity contribution < 1.29 is 43.2 Å². The summed E-state index contributed by atoms with van der Waals surface area (Å²) in [6.07, 6.45) is -0.375. The maximum atomic E-state index is 11.0. The summed E-state index contributed by atoms with van der Waals surface area (Å²) in [5, 5.41) is 0. The molecule has 0 atom stereocenters. The molecule has 10 nitrogen and oxygen atoms in total. The first-order valence-electron chi connectivity index (χ1n) is 5.17. The summed E-state index contributed by atoms with van der Waals surface area (Å²) in [5.41, 5.74) is 0. The van der Waals surface area contributed by atoms with Gasteiger partial charge >= 0.3 is 32.7 Å². The zero-order valence-corrected chi connectivity index (χ0v) is 12.4. The van der Waals surface area contributed by atoms with Gasteiger partial charge in [-0.3, -0.25) is 9.59 Å². The molecule has 0 fully saturated rings. The fourth-order valence-corrected chi connectivity index (χ4v) is 1.68. The molecule has 0 aromatic rings. The molecule has 0 saturated heterocycles. The normalized spacial score (nSPS) is 11.9. The summed E-state index contributed by atoms with van der Waals surface area (Å²) in [5.74, 6) is -2.10. The van der Waals surface area contributed by atoms with Gasteiger partial charge in [0.05, 0.1) is 14.2 Å². The van der Waals surface area contributed by atoms with Gasteiger partial charge in [-0.1, -0.05) is 0 Å². The maximum absolute atomic E-state index is 11.0. The van der Waals surface area contributed by atoms with Crippen molar-refractivity contribution in [1.82, 2.24) is 0 Å². The monoisotopic (exact) mass is 334 g/mol. The van der Waals surface area contributed by atoms with Gasteiger partial charge in [-0.05, 0) is 12.8 Å². The molecule has 0 aliphatic heterocycles. The first-order chi connectivity index (χ1) is 9.12. The molecule has 20 heavy (non-hydrogen) atoms. The molecule has 0 aliphatic rings. The number of rotatable bonds is 9. The molecular weight excluding hydrogens is 320 g/mol. The Hall–Kier alpha value is -1.24. The highest BCUT2D eigenvalue weighted by atomic mass is 32.3. The van der Waals surface area contributed by atoms with E-state index in [0.717, 1.165) is 14.2 Å². The lowest BCUT2D eigenvalue weighted by Crippen LogP contribution is -2.15. The Morgan fingerprint density at radius 1 is 0.750 bits per heavy atom. The van der Waals surface area contributed by atoms with E-state index in [4.69, 9.17) is 0 Å². The number of hydrogen-bond acceptors (Lipinski definition) is 10. The van der Waals surface area contributed by atoms with Gasteiger partial charge in [0.1, 0.15) is 0 Å². The van der Waals surface area contributed by atoms with Crippen LogP contribution in [0.3, 0.4) is 0 Å². The SMILES string of the molecule is COS(=O)(=O)OC(=O)CCCCC(=O)OS(=O)(=O)OC. The minimum atomic E-state index is -4.34. The predicted octanol–water partition coefficient (Wildman–Crippen LogP) is -0.584. The molecule has 0 aromatic carbocycles. The zero-order valence-electron chi connectivity index (χ0n) is 10.7.